The highest BCUT2D eigenvalue weighted by atomic mass is 16.5. The van der Waals surface area contributed by atoms with E-state index in [9.17, 15) is 0 Å². The fourth-order valence-corrected chi connectivity index (χ4v) is 1.96. The molecular formula is C16H19NO. The molecule has 1 N–H and O–H groups in total. The van der Waals surface area contributed by atoms with Crippen molar-refractivity contribution in [1.29, 1.82) is 0 Å². The fraction of sp³-hybridized carbons (Fsp3) is 0.250. The highest BCUT2D eigenvalue weighted by molar-refractivity contribution is 5.66. The third kappa shape index (κ3) is 2.83. The van der Waals surface area contributed by atoms with Gasteiger partial charge in [-0.15, -0.1) is 0 Å². The molecule has 0 radical (unpaired) electrons. The smallest absolute Gasteiger partial charge is 0.119 e. The summed E-state index contributed by atoms with van der Waals surface area (Å²) < 4.78 is 5.43. The fourth-order valence-electron chi connectivity index (χ4n) is 1.96. The molecule has 0 heterocycles. The quantitative estimate of drug-likeness (QED) is 0.854. The third-order valence-corrected chi connectivity index (χ3v) is 2.92. The first kappa shape index (κ1) is 12.5. The minimum Gasteiger partial charge on any atom is -0.494 e. The first-order chi connectivity index (χ1) is 8.70. The molecule has 94 valence electrons. The van der Waals surface area contributed by atoms with Crippen LogP contribution in [0, 0.1) is 13.8 Å². The van der Waals surface area contributed by atoms with Crippen LogP contribution in [0.3, 0.4) is 0 Å². The number of hydrogen-bond donors (Lipinski definition) is 1. The summed E-state index contributed by atoms with van der Waals surface area (Å²) in [4.78, 5) is 0. The highest BCUT2D eigenvalue weighted by Crippen LogP contribution is 2.25. The minimum atomic E-state index is 0.698. The zero-order chi connectivity index (χ0) is 13.0. The van der Waals surface area contributed by atoms with E-state index in [0.717, 1.165) is 11.4 Å². The molecule has 2 rings (SSSR count). The van der Waals surface area contributed by atoms with E-state index in [-0.39, 0.29) is 0 Å². The topological polar surface area (TPSA) is 21.3 Å². The van der Waals surface area contributed by atoms with E-state index in [2.05, 4.69) is 37.4 Å². The van der Waals surface area contributed by atoms with Crippen LogP contribution >= 0.6 is 0 Å². The summed E-state index contributed by atoms with van der Waals surface area (Å²) in [7, 11) is 0. The highest BCUT2D eigenvalue weighted by Gasteiger charge is 2.02. The molecule has 0 aliphatic rings. The monoisotopic (exact) mass is 241 g/mol. The summed E-state index contributed by atoms with van der Waals surface area (Å²) >= 11 is 0. The lowest BCUT2D eigenvalue weighted by Gasteiger charge is -2.13. The number of hydrogen-bond acceptors (Lipinski definition) is 2. The summed E-state index contributed by atoms with van der Waals surface area (Å²) in [6.07, 6.45) is 0. The second-order valence-corrected chi connectivity index (χ2v) is 4.35. The van der Waals surface area contributed by atoms with Crippen molar-refractivity contribution in [2.45, 2.75) is 20.8 Å². The van der Waals surface area contributed by atoms with Gasteiger partial charge in [-0.2, -0.15) is 0 Å². The maximum absolute atomic E-state index is 5.43. The average molecular weight is 241 g/mol. The molecule has 0 unspecified atom stereocenters. The van der Waals surface area contributed by atoms with E-state index in [4.69, 9.17) is 4.74 Å². The van der Waals surface area contributed by atoms with Gasteiger partial charge in [0.05, 0.1) is 6.61 Å². The number of benzene rings is 2. The van der Waals surface area contributed by atoms with E-state index in [0.29, 0.717) is 6.61 Å². The van der Waals surface area contributed by atoms with Gasteiger partial charge in [0.1, 0.15) is 5.75 Å². The molecule has 0 bridgehead atoms. The van der Waals surface area contributed by atoms with Crippen molar-refractivity contribution < 1.29 is 4.74 Å². The van der Waals surface area contributed by atoms with E-state index in [1.165, 1.54) is 16.8 Å². The Morgan fingerprint density at radius 3 is 2.11 bits per heavy atom. The Balaban J connectivity index is 2.18. The van der Waals surface area contributed by atoms with Crippen LogP contribution in [-0.2, 0) is 0 Å². The molecule has 0 spiro atoms. The second kappa shape index (κ2) is 5.58. The van der Waals surface area contributed by atoms with Crippen molar-refractivity contribution in [3.8, 4) is 5.75 Å². The van der Waals surface area contributed by atoms with Gasteiger partial charge in [0.15, 0.2) is 0 Å². The number of rotatable bonds is 4. The Bertz CT molecular complexity index is 497. The van der Waals surface area contributed by atoms with Gasteiger partial charge in [-0.3, -0.25) is 0 Å². The number of anilines is 2. The van der Waals surface area contributed by atoms with Gasteiger partial charge in [0.2, 0.25) is 0 Å². The molecule has 0 fully saturated rings. The molecule has 2 nitrogen and oxygen atoms in total. The molecule has 0 aliphatic heterocycles. The Labute approximate surface area is 109 Å². The van der Waals surface area contributed by atoms with Crippen LogP contribution in [0.25, 0.3) is 0 Å². The molecule has 0 amide bonds. The molecule has 18 heavy (non-hydrogen) atoms. The normalized spacial score (nSPS) is 10.2. The first-order valence-corrected chi connectivity index (χ1v) is 6.27. The van der Waals surface area contributed by atoms with Crippen LogP contribution < -0.4 is 10.1 Å². The second-order valence-electron chi connectivity index (χ2n) is 4.35. The molecule has 2 heteroatoms. The molecule has 2 aromatic carbocycles. The standard InChI is InChI=1S/C16H19NO/c1-4-18-15-10-8-14(9-11-15)17-16-12(2)6-5-7-13(16)3/h5-11,17H,4H2,1-3H3. The summed E-state index contributed by atoms with van der Waals surface area (Å²) in [5, 5.41) is 3.45. The molecule has 0 aromatic heterocycles. The van der Waals surface area contributed by atoms with Crippen LogP contribution in [0.4, 0.5) is 11.4 Å². The Morgan fingerprint density at radius 1 is 0.944 bits per heavy atom. The molecule has 0 saturated carbocycles. The Kier molecular flexibility index (Phi) is 3.88. The van der Waals surface area contributed by atoms with Crippen LogP contribution in [0.2, 0.25) is 0 Å². The van der Waals surface area contributed by atoms with E-state index >= 15 is 0 Å². The van der Waals surface area contributed by atoms with Crippen LogP contribution in [-0.4, -0.2) is 6.61 Å². The van der Waals surface area contributed by atoms with Crippen molar-refractivity contribution in [1.82, 2.24) is 0 Å². The van der Waals surface area contributed by atoms with Crippen molar-refractivity contribution in [2.75, 3.05) is 11.9 Å². The van der Waals surface area contributed by atoms with Gasteiger partial charge >= 0.3 is 0 Å². The SMILES string of the molecule is CCOc1ccc(Nc2c(C)cccc2C)cc1. The third-order valence-electron chi connectivity index (χ3n) is 2.92. The van der Waals surface area contributed by atoms with E-state index < -0.39 is 0 Å². The average Bonchev–Trinajstić information content (AvgIpc) is 2.36. The molecule has 0 saturated heterocycles. The summed E-state index contributed by atoms with van der Waals surface area (Å²) in [6.45, 7) is 6.92. The summed E-state index contributed by atoms with van der Waals surface area (Å²) in [5.41, 5.74) is 4.77. The van der Waals surface area contributed by atoms with Gasteiger partial charge in [0, 0.05) is 11.4 Å². The number of aryl methyl sites for hydroxylation is 2. The molecule has 0 atom stereocenters. The number of para-hydroxylation sites is 1. The van der Waals surface area contributed by atoms with Crippen molar-refractivity contribution in [3.05, 3.63) is 53.6 Å². The summed E-state index contributed by atoms with van der Waals surface area (Å²) in [5.74, 6) is 0.907. The van der Waals surface area contributed by atoms with Crippen LogP contribution in [0.1, 0.15) is 18.1 Å². The molecular weight excluding hydrogens is 222 g/mol. The number of ether oxygens (including phenoxy) is 1. The maximum atomic E-state index is 5.43. The zero-order valence-corrected chi connectivity index (χ0v) is 11.2. The lowest BCUT2D eigenvalue weighted by molar-refractivity contribution is 0.340. The maximum Gasteiger partial charge on any atom is 0.119 e. The van der Waals surface area contributed by atoms with E-state index in [1.54, 1.807) is 0 Å². The van der Waals surface area contributed by atoms with Crippen LogP contribution in [0.15, 0.2) is 42.5 Å². The Morgan fingerprint density at radius 2 is 1.56 bits per heavy atom. The van der Waals surface area contributed by atoms with Crippen molar-refractivity contribution in [3.63, 3.8) is 0 Å². The predicted octanol–water partition coefficient (Wildman–Crippen LogP) is 4.45. The van der Waals surface area contributed by atoms with Gasteiger partial charge in [-0.1, -0.05) is 18.2 Å². The van der Waals surface area contributed by atoms with Crippen molar-refractivity contribution in [2.24, 2.45) is 0 Å². The molecule has 0 aliphatic carbocycles. The van der Waals surface area contributed by atoms with Gasteiger partial charge in [-0.05, 0) is 56.2 Å². The Hall–Kier alpha value is -1.96. The first-order valence-electron chi connectivity index (χ1n) is 6.27. The largest absolute Gasteiger partial charge is 0.494 e. The predicted molar refractivity (Wildman–Crippen MR) is 76.8 cm³/mol. The zero-order valence-electron chi connectivity index (χ0n) is 11.2. The minimum absolute atomic E-state index is 0.698. The lowest BCUT2D eigenvalue weighted by atomic mass is 10.1. The molecule has 2 aromatic rings. The van der Waals surface area contributed by atoms with Crippen LogP contribution in [0.5, 0.6) is 5.75 Å². The van der Waals surface area contributed by atoms with Gasteiger partial charge in [0.25, 0.3) is 0 Å². The summed E-state index contributed by atoms with van der Waals surface area (Å²) in [6, 6.07) is 14.4. The van der Waals surface area contributed by atoms with Gasteiger partial charge < -0.3 is 10.1 Å². The lowest BCUT2D eigenvalue weighted by Crippen LogP contribution is -1.96. The van der Waals surface area contributed by atoms with Gasteiger partial charge in [-0.25, -0.2) is 0 Å². The van der Waals surface area contributed by atoms with Crippen molar-refractivity contribution >= 4 is 11.4 Å². The van der Waals surface area contributed by atoms with E-state index in [1.807, 2.05) is 31.2 Å². The number of nitrogens with one attached hydrogen (secondary N) is 1.